The van der Waals surface area contributed by atoms with E-state index in [1.54, 1.807) is 0 Å². The number of hydrogen-bond acceptors (Lipinski definition) is 12. The number of carboxylic acid groups (broad SMARTS) is 1. The fourth-order valence-electron chi connectivity index (χ4n) is 4.65. The lowest BCUT2D eigenvalue weighted by atomic mass is 9.89. The summed E-state index contributed by atoms with van der Waals surface area (Å²) in [6.07, 6.45) is -0.401. The third-order valence-corrected chi connectivity index (χ3v) is 8.31. The van der Waals surface area contributed by atoms with Crippen LogP contribution >= 0.6 is 0 Å². The fourth-order valence-corrected chi connectivity index (χ4v) is 6.14. The predicted molar refractivity (Wildman–Crippen MR) is 142 cm³/mol. The Bertz CT molecular complexity index is 2170. The lowest BCUT2D eigenvalue weighted by Gasteiger charge is -2.20. The van der Waals surface area contributed by atoms with Gasteiger partial charge < -0.3 is 20.1 Å². The van der Waals surface area contributed by atoms with Gasteiger partial charge in [0, 0.05) is 29.4 Å². The van der Waals surface area contributed by atoms with E-state index in [-0.39, 0.29) is 40.0 Å². The molecule has 1 saturated heterocycles. The van der Waals surface area contributed by atoms with Gasteiger partial charge in [-0.3, -0.25) is 24.1 Å². The van der Waals surface area contributed by atoms with E-state index in [1.807, 2.05) is 0 Å². The Labute approximate surface area is 240 Å². The van der Waals surface area contributed by atoms with Crippen molar-refractivity contribution in [3.05, 3.63) is 58.9 Å². The molecule has 0 spiro atoms. The van der Waals surface area contributed by atoms with Crippen molar-refractivity contribution < 1.29 is 59.5 Å². The molecular weight excluding hydrogens is 614 g/mol. The van der Waals surface area contributed by atoms with Crippen molar-refractivity contribution in [2.45, 2.75) is 22.6 Å². The number of hydrogen-bond donors (Lipinski definition) is 5. The number of nitrogens with zero attached hydrogens (tertiary/aromatic N) is 1. The van der Waals surface area contributed by atoms with Crippen LogP contribution in [-0.4, -0.2) is 59.9 Å². The second-order valence-corrected chi connectivity index (χ2v) is 11.8. The molecule has 1 fully saturated rings. The van der Waals surface area contributed by atoms with Gasteiger partial charge in [-0.25, -0.2) is 9.59 Å². The van der Waals surface area contributed by atoms with Gasteiger partial charge in [-0.15, -0.1) is 5.06 Å². The Morgan fingerprint density at radius 2 is 1.53 bits per heavy atom. The van der Waals surface area contributed by atoms with Gasteiger partial charge in [-0.1, -0.05) is 0 Å². The second kappa shape index (κ2) is 9.98. The zero-order chi connectivity index (χ0) is 31.6. The molecule has 3 aliphatic rings. The minimum absolute atomic E-state index is 0.200. The van der Waals surface area contributed by atoms with Gasteiger partial charge in [-0.2, -0.15) is 16.8 Å². The number of rotatable bonds is 6. The maximum Gasteiger partial charge on any atom is 0.363 e. The van der Waals surface area contributed by atoms with Crippen molar-refractivity contribution >= 4 is 60.6 Å². The number of benzene rings is 3. The Morgan fingerprint density at radius 1 is 0.907 bits per heavy atom. The molecule has 43 heavy (non-hydrogen) atoms. The van der Waals surface area contributed by atoms with Gasteiger partial charge in [0.15, 0.2) is 21.1 Å². The van der Waals surface area contributed by atoms with E-state index in [9.17, 15) is 50.2 Å². The summed E-state index contributed by atoms with van der Waals surface area (Å²) in [6, 6.07) is 7.15. The first-order valence-electron chi connectivity index (χ1n) is 11.8. The highest BCUT2D eigenvalue weighted by Crippen LogP contribution is 2.45. The number of anilines is 1. The largest absolute Gasteiger partial charge is 0.478 e. The Kier molecular flexibility index (Phi) is 6.81. The van der Waals surface area contributed by atoms with E-state index < -0.39 is 87.3 Å². The van der Waals surface area contributed by atoms with Gasteiger partial charge in [0.2, 0.25) is 0 Å². The van der Waals surface area contributed by atoms with E-state index >= 15 is 0 Å². The molecule has 0 unspecified atom stereocenters. The van der Waals surface area contributed by atoms with Gasteiger partial charge in [0.05, 0.1) is 22.2 Å². The second-order valence-electron chi connectivity index (χ2n) is 9.13. The summed E-state index contributed by atoms with van der Waals surface area (Å²) in [7, 11) is -10.4. The maximum absolute atomic E-state index is 12.9. The molecule has 18 heteroatoms. The number of carbonyl (C=O) groups is 4. The molecule has 0 radical (unpaired) electrons. The van der Waals surface area contributed by atoms with Crippen LogP contribution in [-0.2, 0) is 34.7 Å². The van der Waals surface area contributed by atoms with Crippen molar-refractivity contribution in [2.24, 2.45) is 0 Å². The number of nitrogens with two attached hydrogens (primary N) is 1. The number of nitrogens with one attached hydrogen (secondary N) is 1. The monoisotopic (exact) mass is 631 g/mol. The Hall–Kier alpha value is -5.17. The van der Waals surface area contributed by atoms with E-state index in [0.29, 0.717) is 0 Å². The standard InChI is InChI=1S/C25H17N3O13S2/c26-15-5-3-12-19(13-4-6-16(27)23(43(37,38)39)21(13)40-20(12)22(15)42(34,35)36)14-9-10(1-2-11(14)24(31)32)25(33)41-28-17(29)7-8-18(28)30/h1-6,9,26H,7-8,27H2,(H,31,32)(H,34,35,36)(H,37,38,39). The molecule has 0 aromatic heterocycles. The lowest BCUT2D eigenvalue weighted by molar-refractivity contribution is -0.172. The number of amides is 2. The van der Waals surface area contributed by atoms with Crippen LogP contribution in [0.4, 0.5) is 5.69 Å². The summed E-state index contributed by atoms with van der Waals surface area (Å²) in [5.41, 5.74) is 2.60. The van der Waals surface area contributed by atoms with Crippen LogP contribution in [0.1, 0.15) is 33.6 Å². The van der Waals surface area contributed by atoms with Crippen molar-refractivity contribution in [1.82, 2.24) is 5.06 Å². The van der Waals surface area contributed by atoms with E-state index in [0.717, 1.165) is 42.5 Å². The molecule has 2 amide bonds. The highest BCUT2D eigenvalue weighted by atomic mass is 32.2. The predicted octanol–water partition coefficient (Wildman–Crippen LogP) is 1.68. The zero-order valence-electron chi connectivity index (χ0n) is 21.2. The van der Waals surface area contributed by atoms with Gasteiger partial charge >= 0.3 is 11.9 Å². The van der Waals surface area contributed by atoms with Crippen LogP contribution < -0.4 is 11.1 Å². The SMILES string of the molecule is N=c1ccc2c(-c3cc(C(=O)ON4C(=O)CCC4=O)ccc3C(=O)O)c3ccc(N)c(S(=O)(=O)O)c3oc-2c1S(=O)(=O)O. The molecule has 0 bridgehead atoms. The topological polar surface area (TPSA) is 273 Å². The summed E-state index contributed by atoms with van der Waals surface area (Å²) >= 11 is 0. The molecule has 2 aliphatic heterocycles. The molecule has 2 aromatic carbocycles. The molecule has 6 N–H and O–H groups in total. The lowest BCUT2D eigenvalue weighted by Crippen LogP contribution is -2.32. The average Bonchev–Trinajstić information content (AvgIpc) is 3.21. The number of aromatic carboxylic acids is 1. The first kappa shape index (κ1) is 29.3. The number of imide groups is 1. The first-order valence-corrected chi connectivity index (χ1v) is 14.7. The zero-order valence-corrected chi connectivity index (χ0v) is 22.9. The molecule has 16 nitrogen and oxygen atoms in total. The molecule has 2 heterocycles. The average molecular weight is 632 g/mol. The van der Waals surface area contributed by atoms with Crippen molar-refractivity contribution in [3.8, 4) is 22.5 Å². The number of carbonyl (C=O) groups excluding carboxylic acids is 3. The number of fused-ring (bicyclic) bond motifs is 2. The van der Waals surface area contributed by atoms with Crippen LogP contribution in [0, 0.1) is 5.41 Å². The van der Waals surface area contributed by atoms with Crippen LogP contribution in [0.2, 0.25) is 0 Å². The van der Waals surface area contributed by atoms with Crippen LogP contribution in [0.25, 0.3) is 33.4 Å². The van der Waals surface area contributed by atoms with Crippen molar-refractivity contribution in [2.75, 3.05) is 5.73 Å². The smallest absolute Gasteiger partial charge is 0.363 e. The van der Waals surface area contributed by atoms with Crippen LogP contribution in [0.15, 0.2) is 56.7 Å². The molecule has 0 atom stereocenters. The van der Waals surface area contributed by atoms with E-state index in [1.165, 1.54) is 0 Å². The van der Waals surface area contributed by atoms with Crippen molar-refractivity contribution in [1.29, 1.82) is 5.41 Å². The minimum Gasteiger partial charge on any atom is -0.478 e. The Balaban J connectivity index is 1.92. The molecule has 2 aromatic rings. The highest BCUT2D eigenvalue weighted by Gasteiger charge is 2.35. The highest BCUT2D eigenvalue weighted by molar-refractivity contribution is 7.86. The quantitative estimate of drug-likeness (QED) is 0.0876. The summed E-state index contributed by atoms with van der Waals surface area (Å²) in [5, 5.41) is 17.2. The molecule has 1 aliphatic carbocycles. The fraction of sp³-hybridized carbons (Fsp3) is 0.0800. The molecule has 5 rings (SSSR count). The number of carboxylic acids is 1. The minimum atomic E-state index is -5.24. The van der Waals surface area contributed by atoms with Gasteiger partial charge in [-0.05, 0) is 48.0 Å². The third kappa shape index (κ3) is 4.97. The summed E-state index contributed by atoms with van der Waals surface area (Å²) < 4.78 is 74.7. The molecular formula is C25H17N3O13S2. The van der Waals surface area contributed by atoms with Crippen molar-refractivity contribution in [3.63, 3.8) is 0 Å². The van der Waals surface area contributed by atoms with E-state index in [2.05, 4.69) is 0 Å². The van der Waals surface area contributed by atoms with Gasteiger partial charge in [0.1, 0.15) is 0 Å². The van der Waals surface area contributed by atoms with Gasteiger partial charge in [0.25, 0.3) is 32.1 Å². The van der Waals surface area contributed by atoms with E-state index in [4.69, 9.17) is 20.4 Å². The van der Waals surface area contributed by atoms with Crippen LogP contribution in [0.5, 0.6) is 0 Å². The molecule has 0 saturated carbocycles. The normalized spacial score (nSPS) is 14.0. The Morgan fingerprint density at radius 3 is 2.12 bits per heavy atom. The third-order valence-electron chi connectivity index (χ3n) is 6.45. The summed E-state index contributed by atoms with van der Waals surface area (Å²) in [6.45, 7) is 0. The van der Waals surface area contributed by atoms with Crippen LogP contribution in [0.3, 0.4) is 0 Å². The summed E-state index contributed by atoms with van der Waals surface area (Å²) in [5.74, 6) is -5.22. The maximum atomic E-state index is 12.9. The summed E-state index contributed by atoms with van der Waals surface area (Å²) in [4.78, 5) is 51.9. The molecule has 222 valence electrons. The number of hydroxylamine groups is 2. The first-order chi connectivity index (χ1) is 20.0. The number of nitrogen functional groups attached to an aromatic ring is 1.